The van der Waals surface area contributed by atoms with Crippen LogP contribution in [0.15, 0.2) is 24.4 Å². The maximum Gasteiger partial charge on any atom is 0.239 e. The molecule has 2 aromatic rings. The maximum atomic E-state index is 12.4. The molecule has 21 heavy (non-hydrogen) atoms. The van der Waals surface area contributed by atoms with E-state index < -0.39 is 6.10 Å². The third kappa shape index (κ3) is 2.64. The van der Waals surface area contributed by atoms with Crippen molar-refractivity contribution >= 4 is 11.6 Å². The van der Waals surface area contributed by atoms with Crippen molar-refractivity contribution < 1.29 is 9.90 Å². The molecule has 0 aliphatic carbocycles. The number of hydrogen-bond acceptors (Lipinski definition) is 4. The van der Waals surface area contributed by atoms with Crippen molar-refractivity contribution in [1.82, 2.24) is 19.6 Å². The smallest absolute Gasteiger partial charge is 0.239 e. The number of aromatic nitrogens is 2. The highest BCUT2D eigenvalue weighted by Crippen LogP contribution is 2.15. The van der Waals surface area contributed by atoms with Crippen molar-refractivity contribution in [3.05, 3.63) is 35.8 Å². The Balaban J connectivity index is 1.78. The summed E-state index contributed by atoms with van der Waals surface area (Å²) in [5.74, 6) is 0.0110. The molecular weight excluding hydrogens is 268 g/mol. The zero-order valence-corrected chi connectivity index (χ0v) is 12.3. The normalized spacial score (nSPS) is 21.9. The quantitative estimate of drug-likeness (QED) is 0.853. The van der Waals surface area contributed by atoms with E-state index in [1.54, 1.807) is 11.9 Å². The molecule has 6 nitrogen and oxygen atoms in total. The Labute approximate surface area is 123 Å². The molecule has 0 spiro atoms. The number of fused-ring (bicyclic) bond motifs is 1. The van der Waals surface area contributed by atoms with Gasteiger partial charge in [0.25, 0.3) is 0 Å². The number of β-amino-alcohol motifs (C(OH)–C–C–N with tert-alkyl or cyclic N) is 1. The number of imidazole rings is 1. The average molecular weight is 288 g/mol. The second-order valence-corrected chi connectivity index (χ2v) is 5.62. The first-order chi connectivity index (χ1) is 10.1. The summed E-state index contributed by atoms with van der Waals surface area (Å²) in [6.07, 6.45) is 2.01. The zero-order chi connectivity index (χ0) is 15.0. The lowest BCUT2D eigenvalue weighted by atomic mass is 10.2. The summed E-state index contributed by atoms with van der Waals surface area (Å²) in [4.78, 5) is 18.6. The first-order valence-corrected chi connectivity index (χ1v) is 7.15. The Kier molecular flexibility index (Phi) is 3.65. The largest absolute Gasteiger partial charge is 0.392 e. The lowest BCUT2D eigenvalue weighted by Gasteiger charge is -2.21. The SMILES string of the molecule is Cc1nc2ccccn2c1CN(C)C(=O)[C@@H]1C[C@@H](O)CN1. The number of nitrogens with one attached hydrogen (secondary N) is 1. The highest BCUT2D eigenvalue weighted by atomic mass is 16.3. The van der Waals surface area contributed by atoms with Crippen LogP contribution in [-0.4, -0.2) is 51.0 Å². The number of nitrogens with zero attached hydrogens (tertiary/aromatic N) is 3. The second kappa shape index (κ2) is 5.46. The number of rotatable bonds is 3. The van der Waals surface area contributed by atoms with Crippen LogP contribution in [0.25, 0.3) is 5.65 Å². The Hall–Kier alpha value is -1.92. The van der Waals surface area contributed by atoms with Gasteiger partial charge in [0.15, 0.2) is 0 Å². The lowest BCUT2D eigenvalue weighted by molar-refractivity contribution is -0.132. The van der Waals surface area contributed by atoms with Crippen molar-refractivity contribution in [1.29, 1.82) is 0 Å². The first-order valence-electron chi connectivity index (χ1n) is 7.15. The van der Waals surface area contributed by atoms with E-state index in [1.165, 1.54) is 0 Å². The number of hydrogen-bond donors (Lipinski definition) is 2. The molecule has 112 valence electrons. The topological polar surface area (TPSA) is 69.9 Å². The number of amides is 1. The van der Waals surface area contributed by atoms with Crippen molar-refractivity contribution in [2.24, 2.45) is 0 Å². The number of pyridine rings is 1. The third-order valence-electron chi connectivity index (χ3n) is 4.00. The van der Waals surface area contributed by atoms with Crippen LogP contribution in [0.5, 0.6) is 0 Å². The number of likely N-dealkylation sites (N-methyl/N-ethyl adjacent to an activating group) is 1. The Morgan fingerprint density at radius 3 is 3.10 bits per heavy atom. The zero-order valence-electron chi connectivity index (χ0n) is 12.3. The predicted molar refractivity (Wildman–Crippen MR) is 78.8 cm³/mol. The van der Waals surface area contributed by atoms with Gasteiger partial charge >= 0.3 is 0 Å². The minimum atomic E-state index is -0.426. The van der Waals surface area contributed by atoms with E-state index in [2.05, 4.69) is 10.3 Å². The number of aliphatic hydroxyl groups is 1. The van der Waals surface area contributed by atoms with E-state index in [-0.39, 0.29) is 11.9 Å². The molecule has 1 aliphatic heterocycles. The molecular formula is C15H20N4O2. The van der Waals surface area contributed by atoms with Crippen molar-refractivity contribution in [2.75, 3.05) is 13.6 Å². The van der Waals surface area contributed by atoms with Gasteiger partial charge in [-0.15, -0.1) is 0 Å². The first kappa shape index (κ1) is 14.0. The molecule has 1 fully saturated rings. The predicted octanol–water partition coefficient (Wildman–Crippen LogP) is 0.324. The number of aliphatic hydroxyl groups excluding tert-OH is 1. The van der Waals surface area contributed by atoms with Crippen molar-refractivity contribution in [3.8, 4) is 0 Å². The van der Waals surface area contributed by atoms with Gasteiger partial charge in [-0.2, -0.15) is 0 Å². The fourth-order valence-corrected chi connectivity index (χ4v) is 2.83. The van der Waals surface area contributed by atoms with Gasteiger partial charge in [-0.3, -0.25) is 4.79 Å². The monoisotopic (exact) mass is 288 g/mol. The standard InChI is InChI=1S/C15H20N4O2/c1-10-13(19-6-4-3-5-14(19)17-10)9-18(2)15(21)12-7-11(20)8-16-12/h3-6,11-12,16,20H,7-9H2,1-2H3/t11-,12+/m1/s1. The maximum absolute atomic E-state index is 12.4. The molecule has 2 aromatic heterocycles. The number of carbonyl (C=O) groups is 1. The minimum absolute atomic E-state index is 0.0110. The van der Waals surface area contributed by atoms with E-state index in [1.807, 2.05) is 35.7 Å². The van der Waals surface area contributed by atoms with Crippen LogP contribution in [0.3, 0.4) is 0 Å². The van der Waals surface area contributed by atoms with Crippen molar-refractivity contribution in [2.45, 2.75) is 32.0 Å². The molecule has 1 saturated heterocycles. The van der Waals surface area contributed by atoms with Crippen LogP contribution >= 0.6 is 0 Å². The lowest BCUT2D eigenvalue weighted by Crippen LogP contribution is -2.41. The summed E-state index contributed by atoms with van der Waals surface area (Å²) >= 11 is 0. The van der Waals surface area contributed by atoms with Crippen molar-refractivity contribution in [3.63, 3.8) is 0 Å². The molecule has 1 amide bonds. The summed E-state index contributed by atoms with van der Waals surface area (Å²) in [5, 5.41) is 12.6. The van der Waals surface area contributed by atoms with Gasteiger partial charge < -0.3 is 19.7 Å². The second-order valence-electron chi connectivity index (χ2n) is 5.62. The van der Waals surface area contributed by atoms with Gasteiger partial charge in [-0.25, -0.2) is 4.98 Å². The van der Waals surface area contributed by atoms with Gasteiger partial charge in [-0.05, 0) is 25.5 Å². The molecule has 0 unspecified atom stereocenters. The van der Waals surface area contributed by atoms with Gasteiger partial charge in [0.1, 0.15) is 5.65 Å². The summed E-state index contributed by atoms with van der Waals surface area (Å²) in [6.45, 7) is 2.95. The van der Waals surface area contributed by atoms with Gasteiger partial charge in [0, 0.05) is 19.8 Å². The van der Waals surface area contributed by atoms with Gasteiger partial charge in [0.05, 0.1) is 30.1 Å². The molecule has 2 N–H and O–H groups in total. The Morgan fingerprint density at radius 2 is 2.38 bits per heavy atom. The molecule has 6 heteroatoms. The van der Waals surface area contributed by atoms with Crippen LogP contribution in [-0.2, 0) is 11.3 Å². The Bertz CT molecular complexity index is 667. The van der Waals surface area contributed by atoms with Crippen LogP contribution in [0.1, 0.15) is 17.8 Å². The molecule has 2 atom stereocenters. The molecule has 3 rings (SSSR count). The molecule has 1 aliphatic rings. The fourth-order valence-electron chi connectivity index (χ4n) is 2.83. The number of carbonyl (C=O) groups excluding carboxylic acids is 1. The fraction of sp³-hybridized carbons (Fsp3) is 0.467. The van der Waals surface area contributed by atoms with Gasteiger partial charge in [-0.1, -0.05) is 6.07 Å². The van der Waals surface area contributed by atoms with E-state index in [9.17, 15) is 9.90 Å². The summed E-state index contributed by atoms with van der Waals surface area (Å²) < 4.78 is 2.01. The molecule has 0 bridgehead atoms. The van der Waals surface area contributed by atoms with E-state index in [0.717, 1.165) is 17.0 Å². The molecule has 0 aromatic carbocycles. The van der Waals surface area contributed by atoms with Crippen LogP contribution in [0, 0.1) is 6.92 Å². The van der Waals surface area contributed by atoms with E-state index in [0.29, 0.717) is 19.5 Å². The van der Waals surface area contributed by atoms with E-state index >= 15 is 0 Å². The van der Waals surface area contributed by atoms with Crippen LogP contribution < -0.4 is 5.32 Å². The molecule has 0 radical (unpaired) electrons. The van der Waals surface area contributed by atoms with Crippen LogP contribution in [0.4, 0.5) is 0 Å². The average Bonchev–Trinajstić information content (AvgIpc) is 3.03. The molecule has 0 saturated carbocycles. The number of aryl methyl sites for hydroxylation is 1. The van der Waals surface area contributed by atoms with Crippen LogP contribution in [0.2, 0.25) is 0 Å². The summed E-state index contributed by atoms with van der Waals surface area (Å²) in [7, 11) is 1.79. The summed E-state index contributed by atoms with van der Waals surface area (Å²) in [6, 6.07) is 5.57. The summed E-state index contributed by atoms with van der Waals surface area (Å²) in [5.41, 5.74) is 2.83. The Morgan fingerprint density at radius 1 is 1.57 bits per heavy atom. The highest BCUT2D eigenvalue weighted by molar-refractivity contribution is 5.82. The highest BCUT2D eigenvalue weighted by Gasteiger charge is 2.30. The van der Waals surface area contributed by atoms with E-state index in [4.69, 9.17) is 0 Å². The minimum Gasteiger partial charge on any atom is -0.392 e. The third-order valence-corrected chi connectivity index (χ3v) is 4.00. The molecule has 3 heterocycles. The van der Waals surface area contributed by atoms with Gasteiger partial charge in [0.2, 0.25) is 5.91 Å².